The number of carbonyl (C=O) groups excluding carboxylic acids is 2. The highest BCUT2D eigenvalue weighted by atomic mass is 19.3. The minimum Gasteiger partial charge on any atom is -0.450 e. The number of rotatable bonds is 7. The van der Waals surface area contributed by atoms with Crippen LogP contribution >= 0.6 is 0 Å². The van der Waals surface area contributed by atoms with E-state index in [0.29, 0.717) is 4.57 Å². The van der Waals surface area contributed by atoms with Crippen LogP contribution in [0.15, 0.2) is 29.7 Å². The van der Waals surface area contributed by atoms with Crippen molar-refractivity contribution in [1.29, 1.82) is 0 Å². The smallest absolute Gasteiger partial charge is 0.450 e. The summed E-state index contributed by atoms with van der Waals surface area (Å²) < 4.78 is 48.8. The summed E-state index contributed by atoms with van der Waals surface area (Å²) in [6.45, 7) is 3.74. The number of nitrogens with zero attached hydrogens (tertiary/aromatic N) is 2. The maximum Gasteiger partial charge on any atom is 0.509 e. The minimum atomic E-state index is -3.91. The fourth-order valence-electron chi connectivity index (χ4n) is 2.46. The van der Waals surface area contributed by atoms with Crippen molar-refractivity contribution in [3.05, 3.63) is 35.4 Å². The molecule has 29 heavy (non-hydrogen) atoms. The van der Waals surface area contributed by atoms with Crippen LogP contribution in [0.5, 0.6) is 0 Å². The van der Waals surface area contributed by atoms with Gasteiger partial charge in [0.2, 0.25) is 12.3 Å². The highest BCUT2D eigenvalue weighted by Gasteiger charge is 2.62. The monoisotopic (exact) mass is 419 g/mol. The number of amides is 1. The number of nitrogens with one attached hydrogen (secondary N) is 1. The maximum absolute atomic E-state index is 14.8. The molecule has 0 aromatic carbocycles. The number of halogens is 2. The van der Waals surface area contributed by atoms with Crippen molar-refractivity contribution in [3.8, 4) is 0 Å². The predicted molar refractivity (Wildman–Crippen MR) is 91.5 cm³/mol. The van der Waals surface area contributed by atoms with E-state index in [2.05, 4.69) is 31.1 Å². The van der Waals surface area contributed by atoms with Gasteiger partial charge < -0.3 is 24.1 Å². The Bertz CT molecular complexity index is 816. The molecule has 0 aliphatic carbocycles. The molecule has 1 aliphatic rings. The molecule has 13 heteroatoms. The molecule has 11 nitrogen and oxygen atoms in total. The van der Waals surface area contributed by atoms with E-state index in [1.54, 1.807) is 6.92 Å². The molecule has 2 heterocycles. The Morgan fingerprint density at radius 3 is 2.79 bits per heavy atom. The Morgan fingerprint density at radius 1 is 1.48 bits per heavy atom. The van der Waals surface area contributed by atoms with E-state index in [4.69, 9.17) is 4.74 Å². The van der Waals surface area contributed by atoms with E-state index in [-0.39, 0.29) is 19.0 Å². The number of aliphatic hydroxyl groups is 1. The van der Waals surface area contributed by atoms with Gasteiger partial charge in [-0.25, -0.2) is 14.4 Å². The first-order valence-corrected chi connectivity index (χ1v) is 8.36. The minimum absolute atomic E-state index is 0.0736. The van der Waals surface area contributed by atoms with Crippen LogP contribution in [0.2, 0.25) is 0 Å². The molecule has 1 aromatic heterocycles. The van der Waals surface area contributed by atoms with Gasteiger partial charge in [-0.15, -0.1) is 0 Å². The summed E-state index contributed by atoms with van der Waals surface area (Å²) in [5.74, 6) is -4.15. The molecule has 1 aliphatic heterocycles. The summed E-state index contributed by atoms with van der Waals surface area (Å²) in [4.78, 5) is 38.5. The van der Waals surface area contributed by atoms with E-state index in [9.17, 15) is 28.3 Å². The predicted octanol–water partition coefficient (Wildman–Crippen LogP) is 1.04. The number of hydrogen-bond donors (Lipinski definition) is 2. The van der Waals surface area contributed by atoms with E-state index in [1.807, 2.05) is 0 Å². The molecule has 0 spiro atoms. The Balaban J connectivity index is 2.23. The quantitative estimate of drug-likeness (QED) is 0.490. The number of carbonyl (C=O) groups is 2. The highest BCUT2D eigenvalue weighted by Crippen LogP contribution is 2.43. The van der Waals surface area contributed by atoms with Gasteiger partial charge in [-0.1, -0.05) is 12.7 Å². The van der Waals surface area contributed by atoms with Crippen molar-refractivity contribution in [2.45, 2.75) is 31.3 Å². The normalized spacial score (nSPS) is 22.6. The highest BCUT2D eigenvalue weighted by molar-refractivity contribution is 5.83. The van der Waals surface area contributed by atoms with E-state index < -0.39 is 48.9 Å². The average molecular weight is 419 g/mol. The third-order valence-electron chi connectivity index (χ3n) is 3.66. The lowest BCUT2D eigenvalue weighted by atomic mass is 10.1. The van der Waals surface area contributed by atoms with Crippen LogP contribution in [0.1, 0.15) is 13.2 Å². The number of anilines is 1. The fourth-order valence-corrected chi connectivity index (χ4v) is 2.46. The summed E-state index contributed by atoms with van der Waals surface area (Å²) in [5.41, 5.74) is -1.18. The molecule has 0 saturated carbocycles. The zero-order valence-corrected chi connectivity index (χ0v) is 15.2. The van der Waals surface area contributed by atoms with Gasteiger partial charge in [0.05, 0.1) is 13.2 Å². The summed E-state index contributed by atoms with van der Waals surface area (Å²) in [6, 6.07) is 1.07. The molecule has 1 fully saturated rings. The molecular weight excluding hydrogens is 400 g/mol. The van der Waals surface area contributed by atoms with Crippen LogP contribution in [0.3, 0.4) is 0 Å². The molecule has 2 rings (SSSR count). The number of alkyl halides is 2. The van der Waals surface area contributed by atoms with Crippen LogP contribution in [-0.2, 0) is 18.9 Å². The lowest BCUT2D eigenvalue weighted by Gasteiger charge is -2.23. The van der Waals surface area contributed by atoms with Crippen LogP contribution in [0.4, 0.5) is 24.2 Å². The maximum atomic E-state index is 14.8. The first-order chi connectivity index (χ1) is 13.7. The van der Waals surface area contributed by atoms with E-state index in [1.165, 1.54) is 6.08 Å². The van der Waals surface area contributed by atoms with Crippen LogP contribution in [0.25, 0.3) is 0 Å². The topological polar surface area (TPSA) is 138 Å². The summed E-state index contributed by atoms with van der Waals surface area (Å²) in [5, 5.41) is 11.5. The standard InChI is InChI=1S/C16H19F2N3O8/c1-3-7-27-15(25)29-11-9(8-22)28-12(16(11,17)18)21-6-5-10(19-13(21)23)20-14(24)26-4-2/h3,5-6,9,11-12,22H,1,4,7-8H2,2H3,(H,19,20,23,24)/t9-,11-,12-/m1/s1. The van der Waals surface area contributed by atoms with Crippen molar-refractivity contribution in [2.75, 3.05) is 25.1 Å². The van der Waals surface area contributed by atoms with Gasteiger partial charge in [0, 0.05) is 6.20 Å². The second-order valence-corrected chi connectivity index (χ2v) is 5.62. The summed E-state index contributed by atoms with van der Waals surface area (Å²) >= 11 is 0. The zero-order valence-electron chi connectivity index (χ0n) is 15.2. The van der Waals surface area contributed by atoms with Crippen molar-refractivity contribution >= 4 is 18.1 Å². The first kappa shape index (κ1) is 22.2. The van der Waals surface area contributed by atoms with Gasteiger partial charge in [0.25, 0.3) is 0 Å². The van der Waals surface area contributed by atoms with Crippen molar-refractivity contribution in [1.82, 2.24) is 9.55 Å². The van der Waals surface area contributed by atoms with Gasteiger partial charge in [-0.05, 0) is 13.0 Å². The first-order valence-electron chi connectivity index (χ1n) is 8.36. The van der Waals surface area contributed by atoms with Crippen LogP contribution < -0.4 is 11.0 Å². The second-order valence-electron chi connectivity index (χ2n) is 5.62. The SMILES string of the molecule is C=CCOC(=O)O[C@@H]1[C@@H](CO)O[C@@H](n2ccc(NC(=O)OCC)nc2=O)C1(F)F. The zero-order chi connectivity index (χ0) is 21.6. The fraction of sp³-hybridized carbons (Fsp3) is 0.500. The number of hydrogen-bond acceptors (Lipinski definition) is 9. The van der Waals surface area contributed by atoms with Gasteiger partial charge in [-0.3, -0.25) is 9.88 Å². The van der Waals surface area contributed by atoms with Crippen LogP contribution in [0, 0.1) is 0 Å². The third-order valence-corrected chi connectivity index (χ3v) is 3.66. The molecule has 160 valence electrons. The van der Waals surface area contributed by atoms with Gasteiger partial charge in [0.1, 0.15) is 18.5 Å². The van der Waals surface area contributed by atoms with Gasteiger partial charge in [0.15, 0.2) is 0 Å². The van der Waals surface area contributed by atoms with Gasteiger partial charge >= 0.3 is 23.9 Å². The Labute approximate surface area is 162 Å². The molecule has 0 bridgehead atoms. The molecule has 0 radical (unpaired) electrons. The molecule has 2 N–H and O–H groups in total. The van der Waals surface area contributed by atoms with Gasteiger partial charge in [-0.2, -0.15) is 13.8 Å². The lowest BCUT2D eigenvalue weighted by Crippen LogP contribution is -2.44. The Kier molecular flexibility index (Phi) is 7.23. The number of ether oxygens (including phenoxy) is 4. The Hall–Kier alpha value is -3.06. The van der Waals surface area contributed by atoms with Crippen molar-refractivity contribution < 1.29 is 42.4 Å². The van der Waals surface area contributed by atoms with Crippen molar-refractivity contribution in [2.24, 2.45) is 0 Å². The third kappa shape index (κ3) is 5.06. The summed E-state index contributed by atoms with van der Waals surface area (Å²) in [6.07, 6.45) is -6.28. The molecule has 0 unspecified atom stereocenters. The Morgan fingerprint density at radius 2 is 2.21 bits per heavy atom. The molecular formula is C16H19F2N3O8. The van der Waals surface area contributed by atoms with E-state index in [0.717, 1.165) is 12.3 Å². The molecule has 1 aromatic rings. The lowest BCUT2D eigenvalue weighted by molar-refractivity contribution is -0.146. The molecule has 3 atom stereocenters. The second kappa shape index (κ2) is 9.43. The van der Waals surface area contributed by atoms with E-state index >= 15 is 0 Å². The number of aromatic nitrogens is 2. The number of aliphatic hydroxyl groups excluding tert-OH is 1. The average Bonchev–Trinajstić information content (AvgIpc) is 2.90. The largest absolute Gasteiger partial charge is 0.509 e. The van der Waals surface area contributed by atoms with Crippen LogP contribution in [-0.4, -0.2) is 64.9 Å². The molecule has 1 saturated heterocycles. The summed E-state index contributed by atoms with van der Waals surface area (Å²) in [7, 11) is 0. The molecule has 1 amide bonds. The van der Waals surface area contributed by atoms with Crippen molar-refractivity contribution in [3.63, 3.8) is 0 Å².